The molecular formula is C8H11BIO6P. The number of hydrogen-bond acceptors (Lipinski definition) is 4. The minimum atomic E-state index is -4.24. The first-order valence-corrected chi connectivity index (χ1v) is 7.50. The fourth-order valence-corrected chi connectivity index (χ4v) is 3.09. The standard InChI is InChI=1S/C8H11BIO6P/c9-7-5-3-6(16-10)8(15-7,4-14-5)1-2-17(11,12)13/h1-2,5-7H,3-4H2,(H2,11,12,13)/b2-1+/t5-,6+,7?,8+/m1/s1. The van der Waals surface area contributed by atoms with Crippen molar-refractivity contribution in [3.63, 3.8) is 0 Å². The van der Waals surface area contributed by atoms with Crippen molar-refractivity contribution in [1.82, 2.24) is 0 Å². The van der Waals surface area contributed by atoms with Gasteiger partial charge >= 0.3 is 7.60 Å². The van der Waals surface area contributed by atoms with Crippen LogP contribution in [-0.2, 0) is 17.1 Å². The molecule has 0 aromatic heterocycles. The molecule has 4 atom stereocenters. The van der Waals surface area contributed by atoms with Gasteiger partial charge in [-0.15, -0.1) is 0 Å². The van der Waals surface area contributed by atoms with Crippen LogP contribution in [0.2, 0.25) is 0 Å². The van der Waals surface area contributed by atoms with Crippen LogP contribution in [0.25, 0.3) is 0 Å². The molecule has 2 radical (unpaired) electrons. The number of ether oxygens (including phenoxy) is 2. The highest BCUT2D eigenvalue weighted by molar-refractivity contribution is 14.1. The fraction of sp³-hybridized carbons (Fsp3) is 0.750. The number of fused-ring (bicyclic) bond motifs is 3. The summed E-state index contributed by atoms with van der Waals surface area (Å²) in [6, 6.07) is -0.604. The van der Waals surface area contributed by atoms with Gasteiger partial charge in [0.15, 0.2) is 0 Å². The van der Waals surface area contributed by atoms with Crippen molar-refractivity contribution in [2.45, 2.75) is 30.2 Å². The molecule has 3 fully saturated rings. The Morgan fingerprint density at radius 1 is 1.59 bits per heavy atom. The van der Waals surface area contributed by atoms with Crippen LogP contribution in [0.4, 0.5) is 0 Å². The second-order valence-electron chi connectivity index (χ2n) is 4.11. The lowest BCUT2D eigenvalue weighted by Crippen LogP contribution is -2.64. The predicted molar refractivity (Wildman–Crippen MR) is 67.8 cm³/mol. The van der Waals surface area contributed by atoms with Crippen molar-refractivity contribution >= 4 is 38.4 Å². The van der Waals surface area contributed by atoms with Crippen molar-refractivity contribution in [3.05, 3.63) is 11.9 Å². The van der Waals surface area contributed by atoms with E-state index in [2.05, 4.69) is 0 Å². The Balaban J connectivity index is 2.25. The summed E-state index contributed by atoms with van der Waals surface area (Å²) < 4.78 is 27.1. The Hall–Kier alpha value is 0.565. The second-order valence-corrected chi connectivity index (χ2v) is 6.09. The van der Waals surface area contributed by atoms with E-state index < -0.39 is 19.2 Å². The zero-order valence-electron chi connectivity index (χ0n) is 8.73. The third-order valence-corrected chi connectivity index (χ3v) is 4.05. The van der Waals surface area contributed by atoms with E-state index in [9.17, 15) is 4.57 Å². The molecule has 0 aromatic carbocycles. The zero-order chi connectivity index (χ0) is 12.7. The van der Waals surface area contributed by atoms with E-state index in [1.54, 1.807) is 23.0 Å². The van der Waals surface area contributed by atoms with Gasteiger partial charge in [0.25, 0.3) is 0 Å². The molecule has 3 aliphatic heterocycles. The van der Waals surface area contributed by atoms with Gasteiger partial charge in [0.2, 0.25) is 0 Å². The molecule has 3 rings (SSSR count). The highest BCUT2D eigenvalue weighted by atomic mass is 127. The Bertz CT molecular complexity index is 373. The van der Waals surface area contributed by atoms with Crippen LogP contribution < -0.4 is 0 Å². The monoisotopic (exact) mass is 372 g/mol. The Morgan fingerprint density at radius 2 is 2.29 bits per heavy atom. The molecule has 6 nitrogen and oxygen atoms in total. The Labute approximate surface area is 114 Å². The highest BCUT2D eigenvalue weighted by Crippen LogP contribution is 2.43. The molecule has 0 aliphatic carbocycles. The molecule has 17 heavy (non-hydrogen) atoms. The zero-order valence-corrected chi connectivity index (χ0v) is 11.8. The van der Waals surface area contributed by atoms with Crippen molar-refractivity contribution in [2.24, 2.45) is 0 Å². The third kappa shape index (κ3) is 2.94. The molecule has 0 amide bonds. The summed E-state index contributed by atoms with van der Waals surface area (Å²) in [5, 5.41) is 0. The van der Waals surface area contributed by atoms with Gasteiger partial charge in [-0.3, -0.25) is 4.57 Å². The summed E-state index contributed by atoms with van der Waals surface area (Å²) in [5.74, 6) is 0.803. The summed E-state index contributed by atoms with van der Waals surface area (Å²) in [6.45, 7) is 0.176. The lowest BCUT2D eigenvalue weighted by Gasteiger charge is -2.52. The lowest BCUT2D eigenvalue weighted by atomic mass is 9.78. The van der Waals surface area contributed by atoms with Crippen LogP contribution in [-0.4, -0.2) is 48.1 Å². The van der Waals surface area contributed by atoms with Gasteiger partial charge in [0, 0.05) is 18.2 Å². The van der Waals surface area contributed by atoms with Crippen LogP contribution in [0.1, 0.15) is 6.42 Å². The van der Waals surface area contributed by atoms with E-state index in [1.807, 2.05) is 0 Å². The normalized spacial score (nSPS) is 42.2. The first kappa shape index (κ1) is 14.0. The molecule has 1 unspecified atom stereocenters. The second kappa shape index (κ2) is 4.92. The van der Waals surface area contributed by atoms with Gasteiger partial charge in [-0.1, -0.05) is 0 Å². The first-order valence-electron chi connectivity index (χ1n) is 4.94. The quantitative estimate of drug-likeness (QED) is 0.426. The van der Waals surface area contributed by atoms with Gasteiger partial charge in [0.1, 0.15) is 42.6 Å². The van der Waals surface area contributed by atoms with E-state index in [0.717, 1.165) is 5.82 Å². The molecule has 3 aliphatic rings. The minimum Gasteiger partial charge on any atom is -0.373 e. The minimum absolute atomic E-state index is 0.176. The first-order chi connectivity index (χ1) is 7.86. The Kier molecular flexibility index (Phi) is 4.05. The maximum absolute atomic E-state index is 10.9. The summed E-state index contributed by atoms with van der Waals surface area (Å²) in [6.07, 6.45) is 1.27. The van der Waals surface area contributed by atoms with E-state index in [1.165, 1.54) is 6.08 Å². The average Bonchev–Trinajstić information content (AvgIpc) is 2.26. The molecule has 3 saturated heterocycles. The molecule has 9 heteroatoms. The van der Waals surface area contributed by atoms with Gasteiger partial charge in [-0.05, 0) is 6.08 Å². The van der Waals surface area contributed by atoms with Crippen LogP contribution in [0.5, 0.6) is 0 Å². The molecule has 0 aromatic rings. The van der Waals surface area contributed by atoms with Crippen LogP contribution >= 0.6 is 30.6 Å². The molecule has 94 valence electrons. The largest absolute Gasteiger partial charge is 0.373 e. The van der Waals surface area contributed by atoms with E-state index in [-0.39, 0.29) is 18.8 Å². The number of rotatable bonds is 3. The maximum atomic E-state index is 10.9. The van der Waals surface area contributed by atoms with Gasteiger partial charge in [0.05, 0.1) is 12.7 Å². The topological polar surface area (TPSA) is 85.2 Å². The van der Waals surface area contributed by atoms with Crippen LogP contribution in [0.3, 0.4) is 0 Å². The summed E-state index contributed by atoms with van der Waals surface area (Å²) in [4.78, 5) is 17.7. The number of hydrogen-bond donors (Lipinski definition) is 2. The van der Waals surface area contributed by atoms with Crippen molar-refractivity contribution in [2.75, 3.05) is 6.61 Å². The molecule has 0 saturated carbocycles. The van der Waals surface area contributed by atoms with Gasteiger partial charge in [-0.25, -0.2) is 0 Å². The third-order valence-electron chi connectivity index (χ3n) is 2.89. The Morgan fingerprint density at radius 3 is 2.82 bits per heavy atom. The molecule has 3 heterocycles. The predicted octanol–water partition coefficient (Wildman–Crippen LogP) is 0.465. The molecule has 2 bridgehead atoms. The average molecular weight is 372 g/mol. The van der Waals surface area contributed by atoms with Crippen LogP contribution in [0.15, 0.2) is 11.9 Å². The molecule has 0 spiro atoms. The lowest BCUT2D eigenvalue weighted by molar-refractivity contribution is -0.257. The molecular weight excluding hydrogens is 361 g/mol. The fourth-order valence-electron chi connectivity index (χ4n) is 2.01. The van der Waals surface area contributed by atoms with Gasteiger partial charge in [-0.2, -0.15) is 0 Å². The van der Waals surface area contributed by atoms with Crippen molar-refractivity contribution < 1.29 is 26.9 Å². The van der Waals surface area contributed by atoms with E-state index in [0.29, 0.717) is 6.42 Å². The smallest absolute Gasteiger partial charge is 0.348 e. The van der Waals surface area contributed by atoms with E-state index >= 15 is 0 Å². The summed E-state index contributed by atoms with van der Waals surface area (Å²) in [5.41, 5.74) is -1.02. The summed E-state index contributed by atoms with van der Waals surface area (Å²) >= 11 is 1.74. The van der Waals surface area contributed by atoms with Crippen molar-refractivity contribution in [3.8, 4) is 0 Å². The van der Waals surface area contributed by atoms with E-state index in [4.69, 9.17) is 30.2 Å². The SMILES string of the molecule is [B]C1O[C@@]2(/C=C/P(=O)(O)O)CO[C@@H]1C[C@@H]2OI. The highest BCUT2D eigenvalue weighted by Gasteiger charge is 2.52. The maximum Gasteiger partial charge on any atom is 0.348 e. The number of halogens is 1. The summed E-state index contributed by atoms with van der Waals surface area (Å²) in [7, 11) is 1.49. The van der Waals surface area contributed by atoms with Crippen molar-refractivity contribution in [1.29, 1.82) is 0 Å². The van der Waals surface area contributed by atoms with Crippen LogP contribution in [0, 0.1) is 0 Å². The van der Waals surface area contributed by atoms with Gasteiger partial charge < -0.3 is 22.3 Å². The molecule has 2 N–H and O–H groups in total.